The van der Waals surface area contributed by atoms with Crippen LogP contribution in [0.2, 0.25) is 0 Å². The van der Waals surface area contributed by atoms with E-state index in [1.807, 2.05) is 28.2 Å². The minimum absolute atomic E-state index is 0.0752. The Morgan fingerprint density at radius 2 is 0.459 bits per heavy atom. The molecular weight excluding hydrogens is 814 g/mol. The van der Waals surface area contributed by atoms with E-state index in [9.17, 15) is 18.9 Å². The van der Waals surface area contributed by atoms with Crippen LogP contribution in [0.3, 0.4) is 0 Å². The third-order valence-corrected chi connectivity index (χ3v) is 14.1. The first kappa shape index (κ1) is 61.1. The van der Waals surface area contributed by atoms with Gasteiger partial charge in [0.25, 0.3) is 0 Å². The Morgan fingerprint density at radius 1 is 0.295 bits per heavy atom. The molecule has 0 aromatic carbocycles. The maximum atomic E-state index is 12.0. The molecule has 0 saturated heterocycles. The van der Waals surface area contributed by atoms with E-state index in [4.69, 9.17) is 28.3 Å². The summed E-state index contributed by atoms with van der Waals surface area (Å²) in [6, 6.07) is 0. The second kappa shape index (κ2) is 41.5. The van der Waals surface area contributed by atoms with Crippen molar-refractivity contribution in [3.8, 4) is 0 Å². The van der Waals surface area contributed by atoms with Crippen molar-refractivity contribution in [2.75, 3.05) is 94.0 Å². The molecule has 0 aromatic heterocycles. The lowest BCUT2D eigenvalue weighted by molar-refractivity contribution is -0.890. The monoisotopic (exact) mass is 917 g/mol. The molecule has 0 amide bonds. The number of likely N-dealkylation sites (N-methyl/N-ethyl adjacent to an activating group) is 2. The van der Waals surface area contributed by atoms with Crippen LogP contribution in [0.5, 0.6) is 0 Å². The van der Waals surface area contributed by atoms with Gasteiger partial charge in [-0.3, -0.25) is 18.1 Å². The Hall–Kier alpha value is 0.0600. The fourth-order valence-corrected chi connectivity index (χ4v) is 9.18. The second-order valence-corrected chi connectivity index (χ2v) is 22.1. The maximum Gasteiger partial charge on any atom is 0.472 e. The van der Waals surface area contributed by atoms with Crippen molar-refractivity contribution in [3.63, 3.8) is 0 Å². The van der Waals surface area contributed by atoms with E-state index in [1.165, 1.54) is 173 Å². The molecule has 12 nitrogen and oxygen atoms in total. The van der Waals surface area contributed by atoms with Gasteiger partial charge in [0.2, 0.25) is 0 Å². The number of aliphatic hydroxyl groups excluding tert-OH is 2. The largest absolute Gasteiger partial charge is 0.472 e. The van der Waals surface area contributed by atoms with Crippen LogP contribution >= 0.6 is 15.6 Å². The van der Waals surface area contributed by atoms with Gasteiger partial charge in [0.1, 0.15) is 39.4 Å². The van der Waals surface area contributed by atoms with Gasteiger partial charge in [-0.05, 0) is 12.8 Å². The lowest BCUT2D eigenvalue weighted by Gasteiger charge is -2.28. The average Bonchev–Trinajstić information content (AvgIpc) is 3.18. The van der Waals surface area contributed by atoms with Gasteiger partial charge in [0.05, 0.1) is 54.6 Å². The quantitative estimate of drug-likeness (QED) is 0.0264. The fraction of sp³-hybridized carbons (Fsp3) is 1.00. The first-order valence-corrected chi connectivity index (χ1v) is 28.3. The first-order valence-electron chi connectivity index (χ1n) is 25.3. The second-order valence-electron chi connectivity index (χ2n) is 19.2. The van der Waals surface area contributed by atoms with Crippen LogP contribution in [0.15, 0.2) is 0 Å². The fourth-order valence-electron chi connectivity index (χ4n) is 7.69. The normalized spacial score (nSPS) is 14.4. The van der Waals surface area contributed by atoms with E-state index in [0.29, 0.717) is 35.1 Å². The molecule has 0 fully saturated rings. The third kappa shape index (κ3) is 46.4. The topological polar surface area (TPSA) is 152 Å². The van der Waals surface area contributed by atoms with Gasteiger partial charge >= 0.3 is 15.6 Å². The highest BCUT2D eigenvalue weighted by atomic mass is 31.2. The zero-order valence-corrected chi connectivity index (χ0v) is 42.2. The number of phosphoric ester groups is 2. The molecular formula is C47H102N2O10P2+2. The summed E-state index contributed by atoms with van der Waals surface area (Å²) in [4.78, 5) is 19.7. The highest BCUT2D eigenvalue weighted by Gasteiger charge is 2.24. The Kier molecular flexibility index (Phi) is 41.5. The molecule has 0 aromatic rings. The number of aliphatic hydroxyl groups is 2. The molecule has 0 rings (SSSR count). The van der Waals surface area contributed by atoms with Crippen LogP contribution in [0.1, 0.15) is 212 Å². The van der Waals surface area contributed by atoms with Gasteiger partial charge in [-0.1, -0.05) is 199 Å². The zero-order valence-electron chi connectivity index (χ0n) is 40.4. The number of nitrogens with zero attached hydrogens (tertiary/aromatic N) is 2. The highest BCUT2D eigenvalue weighted by molar-refractivity contribution is 7.47. The first-order chi connectivity index (χ1) is 29.2. The van der Waals surface area contributed by atoms with Gasteiger partial charge in [-0.25, -0.2) is 9.13 Å². The van der Waals surface area contributed by atoms with Crippen LogP contribution in [0.4, 0.5) is 0 Å². The standard InChI is InChI=1S/C47H100N2O10P2/c1-48(2,38-42-50)40-46-58-60(52,53)56-44-36-34-32-30-28-26-24-22-20-18-16-14-12-10-8-6-5-7-9-11-13-15-17-19-21-23-25-27-29-31-33-35-37-45-57-61(54,55)59-47-41-49(3,4)39-43-51/h50-51H,5-47H2,1-4H3/p+2. The summed E-state index contributed by atoms with van der Waals surface area (Å²) in [7, 11) is -0.194. The smallest absolute Gasteiger partial charge is 0.391 e. The molecule has 0 aliphatic carbocycles. The van der Waals surface area contributed by atoms with Crippen molar-refractivity contribution in [1.29, 1.82) is 0 Å². The summed E-state index contributed by atoms with van der Waals surface area (Å²) in [5, 5.41) is 18.1. The maximum absolute atomic E-state index is 12.0. The molecule has 0 aliphatic heterocycles. The molecule has 0 radical (unpaired) electrons. The van der Waals surface area contributed by atoms with Crippen LogP contribution in [-0.2, 0) is 27.2 Å². The number of phosphoric acid groups is 2. The Bertz CT molecular complexity index is 961. The van der Waals surface area contributed by atoms with Gasteiger partial charge < -0.3 is 29.0 Å². The molecule has 0 bridgehead atoms. The number of quaternary nitrogens is 2. The van der Waals surface area contributed by atoms with Gasteiger partial charge in [-0.2, -0.15) is 0 Å². The van der Waals surface area contributed by atoms with E-state index < -0.39 is 15.6 Å². The van der Waals surface area contributed by atoms with Crippen molar-refractivity contribution in [3.05, 3.63) is 0 Å². The van der Waals surface area contributed by atoms with E-state index in [-0.39, 0.29) is 39.6 Å². The summed E-state index contributed by atoms with van der Waals surface area (Å²) in [5.41, 5.74) is 0. The molecule has 0 saturated carbocycles. The highest BCUT2D eigenvalue weighted by Crippen LogP contribution is 2.44. The average molecular weight is 917 g/mol. The summed E-state index contributed by atoms with van der Waals surface area (Å²) in [5.74, 6) is 0. The molecule has 0 heterocycles. The van der Waals surface area contributed by atoms with E-state index in [2.05, 4.69) is 0 Å². The number of rotatable bonds is 50. The van der Waals surface area contributed by atoms with E-state index in [0.717, 1.165) is 38.5 Å². The van der Waals surface area contributed by atoms with Crippen LogP contribution in [0, 0.1) is 0 Å². The van der Waals surface area contributed by atoms with Crippen molar-refractivity contribution in [1.82, 2.24) is 0 Å². The summed E-state index contributed by atoms with van der Waals surface area (Å²) in [6.45, 7) is 3.15. The zero-order chi connectivity index (χ0) is 45.2. The van der Waals surface area contributed by atoms with Crippen LogP contribution in [0.25, 0.3) is 0 Å². The Balaban J connectivity index is 3.27. The molecule has 4 N–H and O–H groups in total. The lowest BCUT2D eigenvalue weighted by atomic mass is 10.0. The van der Waals surface area contributed by atoms with Crippen molar-refractivity contribution >= 4 is 15.6 Å². The number of hydrogen-bond acceptors (Lipinski definition) is 8. The predicted octanol–water partition coefficient (Wildman–Crippen LogP) is 12.3. The third-order valence-electron chi connectivity index (χ3n) is 12.1. The summed E-state index contributed by atoms with van der Waals surface area (Å²) in [6.07, 6.45) is 42.9. The van der Waals surface area contributed by atoms with Crippen LogP contribution in [-0.4, -0.2) is 123 Å². The lowest BCUT2D eigenvalue weighted by Crippen LogP contribution is -2.44. The predicted molar refractivity (Wildman–Crippen MR) is 254 cm³/mol. The van der Waals surface area contributed by atoms with Crippen molar-refractivity contribution in [2.45, 2.75) is 212 Å². The van der Waals surface area contributed by atoms with Gasteiger partial charge in [0, 0.05) is 0 Å². The molecule has 0 aliphatic rings. The van der Waals surface area contributed by atoms with Crippen LogP contribution < -0.4 is 0 Å². The molecule has 2 atom stereocenters. The molecule has 2 unspecified atom stereocenters. The SMILES string of the molecule is C[N+](C)(CCO)CCOP(=O)(O)OCCCCCCCCCCCCCCCCCCCCCCCCCCCCCCCCCCCOP(=O)(O)OCC[N+](C)(C)CCO. The number of hydrogen-bond donors (Lipinski definition) is 4. The summed E-state index contributed by atoms with van der Waals surface area (Å²) < 4.78 is 45.5. The van der Waals surface area contributed by atoms with E-state index >= 15 is 0 Å². The van der Waals surface area contributed by atoms with Gasteiger partial charge in [0.15, 0.2) is 0 Å². The molecule has 14 heteroatoms. The minimum atomic E-state index is -3.99. The molecule has 61 heavy (non-hydrogen) atoms. The van der Waals surface area contributed by atoms with Crippen molar-refractivity contribution < 1.29 is 56.2 Å². The van der Waals surface area contributed by atoms with Gasteiger partial charge in [-0.15, -0.1) is 0 Å². The Morgan fingerprint density at radius 3 is 0.639 bits per heavy atom. The minimum Gasteiger partial charge on any atom is -0.391 e. The number of unbranched alkanes of at least 4 members (excludes halogenated alkanes) is 32. The van der Waals surface area contributed by atoms with Crippen molar-refractivity contribution in [2.24, 2.45) is 0 Å². The molecule has 368 valence electrons. The molecule has 0 spiro atoms. The van der Waals surface area contributed by atoms with E-state index in [1.54, 1.807) is 0 Å². The summed E-state index contributed by atoms with van der Waals surface area (Å²) >= 11 is 0. The Labute approximate surface area is 376 Å².